The molecule has 0 aliphatic heterocycles. The molecule has 0 radical (unpaired) electrons. The summed E-state index contributed by atoms with van der Waals surface area (Å²) in [6, 6.07) is 16.1. The van der Waals surface area contributed by atoms with E-state index in [1.165, 1.54) is 5.56 Å². The molecule has 0 amide bonds. The standard InChI is InChI=1S/C14H13BrO.C2H6/c1-11-7-8-12(10-15)9-14(11)16-13-5-3-2-4-6-13;1-2/h2-9H,10H2,1H3;1-2H3. The quantitative estimate of drug-likeness (QED) is 0.660. The Labute approximate surface area is 118 Å². The number of hydrogen-bond donors (Lipinski definition) is 0. The van der Waals surface area contributed by atoms with Crippen LogP contribution in [0.1, 0.15) is 25.0 Å². The zero-order valence-corrected chi connectivity index (χ0v) is 12.7. The summed E-state index contributed by atoms with van der Waals surface area (Å²) in [5.41, 5.74) is 2.37. The second kappa shape index (κ2) is 7.93. The number of ether oxygens (including phenoxy) is 1. The number of para-hydroxylation sites is 1. The summed E-state index contributed by atoms with van der Waals surface area (Å²) in [6.07, 6.45) is 0. The molecule has 96 valence electrons. The van der Waals surface area contributed by atoms with Gasteiger partial charge in [0.25, 0.3) is 0 Å². The highest BCUT2D eigenvalue weighted by Crippen LogP contribution is 2.26. The topological polar surface area (TPSA) is 9.23 Å². The highest BCUT2D eigenvalue weighted by Gasteiger charge is 2.02. The summed E-state index contributed by atoms with van der Waals surface area (Å²) in [7, 11) is 0. The molecular weight excluding hydrogens is 288 g/mol. The van der Waals surface area contributed by atoms with Gasteiger partial charge in [0.2, 0.25) is 0 Å². The van der Waals surface area contributed by atoms with Crippen molar-refractivity contribution in [1.82, 2.24) is 0 Å². The van der Waals surface area contributed by atoms with Crippen molar-refractivity contribution in [1.29, 1.82) is 0 Å². The molecule has 0 saturated carbocycles. The van der Waals surface area contributed by atoms with E-state index in [1.54, 1.807) is 0 Å². The maximum atomic E-state index is 5.83. The summed E-state index contributed by atoms with van der Waals surface area (Å²) >= 11 is 3.45. The van der Waals surface area contributed by atoms with Gasteiger partial charge in [-0.25, -0.2) is 0 Å². The molecule has 2 rings (SSSR count). The molecule has 0 atom stereocenters. The van der Waals surface area contributed by atoms with E-state index in [-0.39, 0.29) is 0 Å². The van der Waals surface area contributed by atoms with E-state index >= 15 is 0 Å². The van der Waals surface area contributed by atoms with Gasteiger partial charge in [0.05, 0.1) is 0 Å². The first-order valence-electron chi connectivity index (χ1n) is 6.18. The normalized spacial score (nSPS) is 9.33. The largest absolute Gasteiger partial charge is 0.457 e. The van der Waals surface area contributed by atoms with Gasteiger partial charge in [-0.2, -0.15) is 0 Å². The van der Waals surface area contributed by atoms with Crippen molar-refractivity contribution in [3.63, 3.8) is 0 Å². The molecule has 2 aromatic carbocycles. The maximum Gasteiger partial charge on any atom is 0.130 e. The molecule has 0 heterocycles. The SMILES string of the molecule is CC.Cc1ccc(CBr)cc1Oc1ccccc1. The van der Waals surface area contributed by atoms with Crippen LogP contribution in [0.25, 0.3) is 0 Å². The van der Waals surface area contributed by atoms with Crippen LogP contribution in [0.3, 0.4) is 0 Å². The molecule has 0 unspecified atom stereocenters. The van der Waals surface area contributed by atoms with Crippen LogP contribution in [0, 0.1) is 6.92 Å². The number of rotatable bonds is 3. The van der Waals surface area contributed by atoms with Gasteiger partial charge in [0, 0.05) is 5.33 Å². The van der Waals surface area contributed by atoms with Crippen LogP contribution in [0.15, 0.2) is 48.5 Å². The van der Waals surface area contributed by atoms with Gasteiger partial charge in [-0.3, -0.25) is 0 Å². The maximum absolute atomic E-state index is 5.83. The molecule has 1 nitrogen and oxygen atoms in total. The predicted octanol–water partition coefficient (Wildman–Crippen LogP) is 5.71. The summed E-state index contributed by atoms with van der Waals surface area (Å²) in [5.74, 6) is 1.79. The number of benzene rings is 2. The molecular formula is C16H19BrO. The molecule has 0 spiro atoms. The van der Waals surface area contributed by atoms with Gasteiger partial charge in [0.1, 0.15) is 11.5 Å². The second-order valence-electron chi connectivity index (χ2n) is 3.65. The van der Waals surface area contributed by atoms with E-state index in [0.717, 1.165) is 22.4 Å². The third-order valence-corrected chi connectivity index (χ3v) is 3.03. The van der Waals surface area contributed by atoms with Crippen molar-refractivity contribution in [2.24, 2.45) is 0 Å². The molecule has 0 bridgehead atoms. The van der Waals surface area contributed by atoms with Gasteiger partial charge in [-0.15, -0.1) is 0 Å². The lowest BCUT2D eigenvalue weighted by atomic mass is 10.1. The Morgan fingerprint density at radius 3 is 2.28 bits per heavy atom. The van der Waals surface area contributed by atoms with Crippen molar-refractivity contribution < 1.29 is 4.74 Å². The average molecular weight is 307 g/mol. The Morgan fingerprint density at radius 2 is 1.67 bits per heavy atom. The van der Waals surface area contributed by atoms with Gasteiger partial charge >= 0.3 is 0 Å². The van der Waals surface area contributed by atoms with Crippen LogP contribution < -0.4 is 4.74 Å². The van der Waals surface area contributed by atoms with Crippen molar-refractivity contribution in [3.05, 3.63) is 59.7 Å². The minimum Gasteiger partial charge on any atom is -0.457 e. The Balaban J connectivity index is 0.000000771. The van der Waals surface area contributed by atoms with Crippen LogP contribution in [0.4, 0.5) is 0 Å². The van der Waals surface area contributed by atoms with Gasteiger partial charge < -0.3 is 4.74 Å². The molecule has 0 aromatic heterocycles. The minimum absolute atomic E-state index is 0.846. The first kappa shape index (κ1) is 14.8. The molecule has 0 N–H and O–H groups in total. The Hall–Kier alpha value is -1.28. The third kappa shape index (κ3) is 4.19. The molecule has 2 aromatic rings. The molecule has 0 saturated heterocycles. The van der Waals surface area contributed by atoms with E-state index in [0.29, 0.717) is 0 Å². The number of aryl methyl sites for hydroxylation is 1. The number of halogens is 1. The van der Waals surface area contributed by atoms with E-state index in [2.05, 4.69) is 41.1 Å². The first-order chi connectivity index (χ1) is 8.79. The Bertz CT molecular complexity index is 466. The fourth-order valence-corrected chi connectivity index (χ4v) is 1.80. The highest BCUT2D eigenvalue weighted by molar-refractivity contribution is 9.08. The monoisotopic (exact) mass is 306 g/mol. The average Bonchev–Trinajstić information content (AvgIpc) is 2.45. The summed E-state index contributed by atoms with van der Waals surface area (Å²) < 4.78 is 5.83. The van der Waals surface area contributed by atoms with Crippen LogP contribution in [0.2, 0.25) is 0 Å². The molecule has 18 heavy (non-hydrogen) atoms. The van der Waals surface area contributed by atoms with Crippen molar-refractivity contribution >= 4 is 15.9 Å². The highest BCUT2D eigenvalue weighted by atomic mass is 79.9. The number of hydrogen-bond acceptors (Lipinski definition) is 1. The lowest BCUT2D eigenvalue weighted by Crippen LogP contribution is -1.89. The van der Waals surface area contributed by atoms with Gasteiger partial charge in [-0.05, 0) is 36.2 Å². The van der Waals surface area contributed by atoms with Crippen LogP contribution in [0.5, 0.6) is 11.5 Å². The van der Waals surface area contributed by atoms with E-state index in [4.69, 9.17) is 4.74 Å². The fraction of sp³-hybridized carbons (Fsp3) is 0.250. The van der Waals surface area contributed by atoms with E-state index in [9.17, 15) is 0 Å². The lowest BCUT2D eigenvalue weighted by Gasteiger charge is -2.09. The third-order valence-electron chi connectivity index (χ3n) is 2.38. The minimum atomic E-state index is 0.846. The summed E-state index contributed by atoms with van der Waals surface area (Å²) in [5, 5.41) is 0.846. The van der Waals surface area contributed by atoms with Gasteiger partial charge in [0.15, 0.2) is 0 Å². The Kier molecular flexibility index (Phi) is 6.51. The van der Waals surface area contributed by atoms with E-state index in [1.807, 2.05) is 44.2 Å². The fourth-order valence-electron chi connectivity index (χ4n) is 1.45. The summed E-state index contributed by atoms with van der Waals surface area (Å²) in [4.78, 5) is 0. The van der Waals surface area contributed by atoms with E-state index < -0.39 is 0 Å². The molecule has 0 fully saturated rings. The zero-order valence-electron chi connectivity index (χ0n) is 11.1. The van der Waals surface area contributed by atoms with Crippen molar-refractivity contribution in [2.45, 2.75) is 26.1 Å². The van der Waals surface area contributed by atoms with Crippen LogP contribution in [-0.2, 0) is 5.33 Å². The van der Waals surface area contributed by atoms with Crippen molar-refractivity contribution in [3.8, 4) is 11.5 Å². The lowest BCUT2D eigenvalue weighted by molar-refractivity contribution is 0.478. The zero-order chi connectivity index (χ0) is 13.4. The first-order valence-corrected chi connectivity index (χ1v) is 7.30. The molecule has 0 aliphatic rings. The number of alkyl halides is 1. The van der Waals surface area contributed by atoms with Crippen LogP contribution >= 0.6 is 15.9 Å². The molecule has 0 aliphatic carbocycles. The molecule has 2 heteroatoms. The predicted molar refractivity (Wildman–Crippen MR) is 81.7 cm³/mol. The van der Waals surface area contributed by atoms with Gasteiger partial charge in [-0.1, -0.05) is 60.1 Å². The Morgan fingerprint density at radius 1 is 1.00 bits per heavy atom. The summed E-state index contributed by atoms with van der Waals surface area (Å²) in [6.45, 7) is 6.05. The van der Waals surface area contributed by atoms with Crippen LogP contribution in [-0.4, -0.2) is 0 Å². The second-order valence-corrected chi connectivity index (χ2v) is 4.21. The smallest absolute Gasteiger partial charge is 0.130 e. The van der Waals surface area contributed by atoms with Crippen molar-refractivity contribution in [2.75, 3.05) is 0 Å².